The minimum Gasteiger partial charge on any atom is -0.481 e. The van der Waals surface area contributed by atoms with Gasteiger partial charge in [0.1, 0.15) is 5.82 Å². The summed E-state index contributed by atoms with van der Waals surface area (Å²) in [6.45, 7) is 5.98. The molecular weight excluding hydrogens is 366 g/mol. The second kappa shape index (κ2) is 8.68. The number of anilines is 4. The van der Waals surface area contributed by atoms with Gasteiger partial charge in [0.15, 0.2) is 0 Å². The van der Waals surface area contributed by atoms with E-state index in [0.717, 1.165) is 30.5 Å². The number of hydrogen-bond donors (Lipinski definition) is 2. The summed E-state index contributed by atoms with van der Waals surface area (Å²) < 4.78 is 0. The van der Waals surface area contributed by atoms with Gasteiger partial charge in [-0.2, -0.15) is 4.98 Å². The number of aromatic nitrogens is 2. The summed E-state index contributed by atoms with van der Waals surface area (Å²) in [5.41, 5.74) is 2.22. The van der Waals surface area contributed by atoms with E-state index in [1.807, 2.05) is 6.07 Å². The highest BCUT2D eigenvalue weighted by atomic mass is 16.4. The van der Waals surface area contributed by atoms with Crippen molar-refractivity contribution in [3.63, 3.8) is 0 Å². The standard InChI is InChI=1S/C22H29N5O2/c1-16-7-12-26(13-8-16)19-4-2-18(3-5-19)24-22-23-11-6-20(25-22)27-14-9-17(10-15-27)21(28)29/h2-6,11,16-17H,7-10,12-15H2,1H3,(H,28,29)(H,23,24,25). The van der Waals surface area contributed by atoms with E-state index < -0.39 is 5.97 Å². The van der Waals surface area contributed by atoms with Gasteiger partial charge in [0.2, 0.25) is 5.95 Å². The molecule has 0 bridgehead atoms. The van der Waals surface area contributed by atoms with Crippen molar-refractivity contribution in [3.8, 4) is 0 Å². The molecule has 2 fully saturated rings. The van der Waals surface area contributed by atoms with Crippen molar-refractivity contribution in [3.05, 3.63) is 36.5 Å². The van der Waals surface area contributed by atoms with Crippen LogP contribution in [0, 0.1) is 11.8 Å². The number of nitrogens with one attached hydrogen (secondary N) is 1. The maximum absolute atomic E-state index is 11.1. The number of rotatable bonds is 5. The maximum atomic E-state index is 11.1. The summed E-state index contributed by atoms with van der Waals surface area (Å²) in [7, 11) is 0. The Hall–Kier alpha value is -2.83. The summed E-state index contributed by atoms with van der Waals surface area (Å²) in [5, 5.41) is 12.4. The van der Waals surface area contributed by atoms with Gasteiger partial charge < -0.3 is 20.2 Å². The van der Waals surface area contributed by atoms with Crippen LogP contribution < -0.4 is 15.1 Å². The predicted molar refractivity (Wildman–Crippen MR) is 115 cm³/mol. The zero-order chi connectivity index (χ0) is 20.2. The van der Waals surface area contributed by atoms with E-state index in [9.17, 15) is 4.79 Å². The van der Waals surface area contributed by atoms with Gasteiger partial charge in [0, 0.05) is 43.8 Å². The van der Waals surface area contributed by atoms with Crippen molar-refractivity contribution in [2.24, 2.45) is 11.8 Å². The van der Waals surface area contributed by atoms with Crippen LogP contribution in [-0.2, 0) is 4.79 Å². The number of carbonyl (C=O) groups is 1. The number of benzene rings is 1. The van der Waals surface area contributed by atoms with Gasteiger partial charge in [-0.1, -0.05) is 6.92 Å². The maximum Gasteiger partial charge on any atom is 0.306 e. The number of nitrogens with zero attached hydrogens (tertiary/aromatic N) is 4. The molecule has 0 saturated carbocycles. The van der Waals surface area contributed by atoms with Gasteiger partial charge in [0.05, 0.1) is 5.92 Å². The molecule has 154 valence electrons. The molecule has 7 heteroatoms. The summed E-state index contributed by atoms with van der Waals surface area (Å²) >= 11 is 0. The van der Waals surface area contributed by atoms with Gasteiger partial charge in [0.25, 0.3) is 0 Å². The van der Waals surface area contributed by atoms with Crippen molar-refractivity contribution in [2.45, 2.75) is 32.6 Å². The van der Waals surface area contributed by atoms with E-state index in [2.05, 4.69) is 56.3 Å². The molecule has 3 heterocycles. The molecule has 29 heavy (non-hydrogen) atoms. The molecule has 0 unspecified atom stereocenters. The zero-order valence-electron chi connectivity index (χ0n) is 16.9. The molecule has 0 radical (unpaired) electrons. The van der Waals surface area contributed by atoms with Gasteiger partial charge in [-0.05, 0) is 61.9 Å². The average Bonchev–Trinajstić information content (AvgIpc) is 2.75. The van der Waals surface area contributed by atoms with Crippen LogP contribution in [-0.4, -0.2) is 47.2 Å². The highest BCUT2D eigenvalue weighted by molar-refractivity contribution is 5.70. The Balaban J connectivity index is 1.37. The Morgan fingerprint density at radius 3 is 2.31 bits per heavy atom. The molecule has 2 aromatic rings. The predicted octanol–water partition coefficient (Wildman–Crippen LogP) is 3.76. The van der Waals surface area contributed by atoms with Crippen LogP contribution in [0.25, 0.3) is 0 Å². The molecule has 7 nitrogen and oxygen atoms in total. The SMILES string of the molecule is CC1CCN(c2ccc(Nc3nccc(N4CCC(C(=O)O)CC4)n3)cc2)CC1. The third-order valence-corrected chi connectivity index (χ3v) is 6.08. The van der Waals surface area contributed by atoms with Crippen LogP contribution in [0.2, 0.25) is 0 Å². The first kappa shape index (κ1) is 19.5. The quantitative estimate of drug-likeness (QED) is 0.798. The largest absolute Gasteiger partial charge is 0.481 e. The number of hydrogen-bond acceptors (Lipinski definition) is 6. The fraction of sp³-hybridized carbons (Fsp3) is 0.500. The van der Waals surface area contributed by atoms with Crippen LogP contribution in [0.5, 0.6) is 0 Å². The number of aliphatic carboxylic acids is 1. The van der Waals surface area contributed by atoms with Crippen molar-refractivity contribution in [1.29, 1.82) is 0 Å². The van der Waals surface area contributed by atoms with E-state index in [4.69, 9.17) is 5.11 Å². The molecule has 0 amide bonds. The molecule has 1 aromatic heterocycles. The molecule has 0 atom stereocenters. The highest BCUT2D eigenvalue weighted by Gasteiger charge is 2.25. The van der Waals surface area contributed by atoms with Gasteiger partial charge in [-0.15, -0.1) is 0 Å². The van der Waals surface area contributed by atoms with E-state index in [-0.39, 0.29) is 5.92 Å². The Morgan fingerprint density at radius 1 is 1.00 bits per heavy atom. The first-order valence-electron chi connectivity index (χ1n) is 10.5. The molecule has 2 N–H and O–H groups in total. The molecule has 2 aliphatic rings. The zero-order valence-corrected chi connectivity index (χ0v) is 16.9. The summed E-state index contributed by atoms with van der Waals surface area (Å²) in [6.07, 6.45) is 5.56. The molecular formula is C22H29N5O2. The minimum absolute atomic E-state index is 0.243. The van der Waals surface area contributed by atoms with Crippen LogP contribution in [0.3, 0.4) is 0 Å². The van der Waals surface area contributed by atoms with E-state index >= 15 is 0 Å². The summed E-state index contributed by atoms with van der Waals surface area (Å²) in [4.78, 5) is 24.7. The summed E-state index contributed by atoms with van der Waals surface area (Å²) in [6, 6.07) is 10.3. The molecule has 2 saturated heterocycles. The minimum atomic E-state index is -0.697. The van der Waals surface area contributed by atoms with Crippen LogP contribution in [0.15, 0.2) is 36.5 Å². The molecule has 0 spiro atoms. The fourth-order valence-corrected chi connectivity index (χ4v) is 4.09. The second-order valence-electron chi connectivity index (χ2n) is 8.18. The van der Waals surface area contributed by atoms with E-state index in [0.29, 0.717) is 31.9 Å². The second-order valence-corrected chi connectivity index (χ2v) is 8.18. The number of carboxylic acids is 1. The summed E-state index contributed by atoms with van der Waals surface area (Å²) in [5.74, 6) is 1.28. The Labute approximate surface area is 171 Å². The third kappa shape index (κ3) is 4.78. The van der Waals surface area contributed by atoms with Crippen molar-refractivity contribution in [1.82, 2.24) is 9.97 Å². The Morgan fingerprint density at radius 2 is 1.66 bits per heavy atom. The average molecular weight is 396 g/mol. The van der Waals surface area contributed by atoms with Crippen molar-refractivity contribution >= 4 is 29.1 Å². The van der Waals surface area contributed by atoms with E-state index in [1.165, 1.54) is 18.5 Å². The first-order chi connectivity index (χ1) is 14.1. The lowest BCUT2D eigenvalue weighted by atomic mass is 9.97. The van der Waals surface area contributed by atoms with Gasteiger partial charge >= 0.3 is 5.97 Å². The fourth-order valence-electron chi connectivity index (χ4n) is 4.09. The number of carboxylic acid groups (broad SMARTS) is 1. The lowest BCUT2D eigenvalue weighted by molar-refractivity contribution is -0.142. The first-order valence-corrected chi connectivity index (χ1v) is 10.5. The number of piperidine rings is 2. The van der Waals surface area contributed by atoms with Crippen LogP contribution in [0.4, 0.5) is 23.1 Å². The van der Waals surface area contributed by atoms with Crippen molar-refractivity contribution in [2.75, 3.05) is 41.3 Å². The van der Waals surface area contributed by atoms with Crippen LogP contribution >= 0.6 is 0 Å². The normalized spacial score (nSPS) is 18.7. The lowest BCUT2D eigenvalue weighted by Gasteiger charge is -2.32. The van der Waals surface area contributed by atoms with E-state index in [1.54, 1.807) is 6.20 Å². The van der Waals surface area contributed by atoms with Gasteiger partial charge in [-0.3, -0.25) is 4.79 Å². The highest BCUT2D eigenvalue weighted by Crippen LogP contribution is 2.26. The Bertz CT molecular complexity index is 825. The molecule has 1 aromatic carbocycles. The smallest absolute Gasteiger partial charge is 0.306 e. The lowest BCUT2D eigenvalue weighted by Crippen LogP contribution is -2.36. The van der Waals surface area contributed by atoms with Crippen LogP contribution in [0.1, 0.15) is 32.6 Å². The third-order valence-electron chi connectivity index (χ3n) is 6.08. The van der Waals surface area contributed by atoms with Crippen molar-refractivity contribution < 1.29 is 9.90 Å². The monoisotopic (exact) mass is 395 g/mol. The molecule has 0 aliphatic carbocycles. The molecule has 2 aliphatic heterocycles. The molecule has 4 rings (SSSR count). The van der Waals surface area contributed by atoms with Gasteiger partial charge in [-0.25, -0.2) is 4.98 Å². The topological polar surface area (TPSA) is 81.6 Å². The Kier molecular flexibility index (Phi) is 5.83.